The zero-order chi connectivity index (χ0) is 24.4. The van der Waals surface area contributed by atoms with Crippen LogP contribution in [0.5, 0.6) is 5.75 Å². The van der Waals surface area contributed by atoms with Crippen molar-refractivity contribution >= 4 is 39.9 Å². The van der Waals surface area contributed by atoms with Gasteiger partial charge in [0.25, 0.3) is 11.8 Å². The van der Waals surface area contributed by atoms with E-state index in [4.69, 9.17) is 9.47 Å². The Kier molecular flexibility index (Phi) is 9.99. The zero-order valence-corrected chi connectivity index (χ0v) is 20.0. The minimum absolute atomic E-state index is 0.212. The fourth-order valence-electron chi connectivity index (χ4n) is 2.65. The van der Waals surface area contributed by atoms with Crippen molar-refractivity contribution in [2.45, 2.75) is 26.8 Å². The van der Waals surface area contributed by atoms with Crippen LogP contribution in [0.2, 0.25) is 0 Å². The van der Waals surface area contributed by atoms with Gasteiger partial charge in [0.2, 0.25) is 0 Å². The Labute approximate surface area is 199 Å². The van der Waals surface area contributed by atoms with Gasteiger partial charge in [-0.15, -0.1) is 0 Å². The van der Waals surface area contributed by atoms with E-state index in [-0.39, 0.29) is 24.7 Å². The summed E-state index contributed by atoms with van der Waals surface area (Å²) in [4.78, 5) is 36.3. The van der Waals surface area contributed by atoms with Crippen molar-refractivity contribution in [2.75, 3.05) is 13.2 Å². The number of nitrogens with zero attached hydrogens (tertiary/aromatic N) is 1. The molecule has 8 nitrogen and oxygen atoms in total. The van der Waals surface area contributed by atoms with E-state index in [0.29, 0.717) is 15.8 Å². The first kappa shape index (κ1) is 26.0. The van der Waals surface area contributed by atoms with Gasteiger partial charge in [-0.05, 0) is 76.8 Å². The molecule has 0 spiro atoms. The highest BCUT2D eigenvalue weighted by Crippen LogP contribution is 2.25. The Balaban J connectivity index is 1.95. The van der Waals surface area contributed by atoms with Crippen LogP contribution in [0.3, 0.4) is 0 Å². The molecule has 2 amide bonds. The van der Waals surface area contributed by atoms with Gasteiger partial charge in [0, 0.05) is 5.56 Å². The van der Waals surface area contributed by atoms with Crippen molar-refractivity contribution in [3.05, 3.63) is 63.9 Å². The first-order valence-electron chi connectivity index (χ1n) is 10.2. The van der Waals surface area contributed by atoms with Gasteiger partial charge in [0.05, 0.1) is 17.3 Å². The zero-order valence-electron chi connectivity index (χ0n) is 18.4. The van der Waals surface area contributed by atoms with Crippen LogP contribution in [0.1, 0.15) is 36.7 Å². The molecule has 0 aromatic heterocycles. The van der Waals surface area contributed by atoms with Gasteiger partial charge in [-0.1, -0.05) is 13.8 Å². The maximum atomic E-state index is 13.1. The van der Waals surface area contributed by atoms with Crippen LogP contribution in [0, 0.1) is 11.7 Å². The van der Waals surface area contributed by atoms with Crippen molar-refractivity contribution in [1.29, 1.82) is 0 Å². The molecule has 0 aliphatic rings. The standard InChI is InChI=1S/C23H25BrFN3O5/c1-4-32-20(29)13-33-19-10-5-15(11-18(19)24)12-26-28-23(31)21(14(2)3)27-22(30)16-6-8-17(25)9-7-16/h5-12,14,21H,4,13H2,1-3H3,(H,27,30)(H,28,31)/b26-12+. The molecule has 2 aromatic carbocycles. The number of ether oxygens (including phenoxy) is 2. The molecule has 0 saturated heterocycles. The lowest BCUT2D eigenvalue weighted by Crippen LogP contribution is -2.48. The Morgan fingerprint density at radius 1 is 1.15 bits per heavy atom. The third-order valence-electron chi connectivity index (χ3n) is 4.34. The third kappa shape index (κ3) is 8.30. The van der Waals surface area contributed by atoms with Gasteiger partial charge in [0.1, 0.15) is 17.6 Å². The average molecular weight is 522 g/mol. The van der Waals surface area contributed by atoms with E-state index in [1.807, 2.05) is 0 Å². The summed E-state index contributed by atoms with van der Waals surface area (Å²) in [6.45, 7) is 5.34. The SMILES string of the molecule is CCOC(=O)COc1ccc(/C=N/NC(=O)C(NC(=O)c2ccc(F)cc2)C(C)C)cc1Br. The highest BCUT2D eigenvalue weighted by molar-refractivity contribution is 9.10. The van der Waals surface area contributed by atoms with Crippen LogP contribution in [0.15, 0.2) is 52.0 Å². The fourth-order valence-corrected chi connectivity index (χ4v) is 3.17. The van der Waals surface area contributed by atoms with E-state index >= 15 is 0 Å². The summed E-state index contributed by atoms with van der Waals surface area (Å²) in [5, 5.41) is 6.58. The molecule has 0 aliphatic heterocycles. The molecule has 2 aromatic rings. The van der Waals surface area contributed by atoms with E-state index in [2.05, 4.69) is 31.8 Å². The number of carbonyl (C=O) groups excluding carboxylic acids is 3. The predicted octanol–water partition coefficient (Wildman–Crippen LogP) is 3.43. The monoisotopic (exact) mass is 521 g/mol. The second-order valence-corrected chi connectivity index (χ2v) is 8.07. The number of esters is 1. The minimum atomic E-state index is -0.843. The summed E-state index contributed by atoms with van der Waals surface area (Å²) in [7, 11) is 0. The number of hydrogen-bond acceptors (Lipinski definition) is 6. The summed E-state index contributed by atoms with van der Waals surface area (Å²) in [5.41, 5.74) is 3.31. The van der Waals surface area contributed by atoms with Crippen molar-refractivity contribution in [3.8, 4) is 5.75 Å². The van der Waals surface area contributed by atoms with Gasteiger partial charge in [-0.3, -0.25) is 9.59 Å². The molecule has 2 N–H and O–H groups in total. The van der Waals surface area contributed by atoms with Crippen LogP contribution in [0.4, 0.5) is 4.39 Å². The van der Waals surface area contributed by atoms with Crippen LogP contribution < -0.4 is 15.5 Å². The smallest absolute Gasteiger partial charge is 0.344 e. The number of rotatable bonds is 10. The number of nitrogens with one attached hydrogen (secondary N) is 2. The summed E-state index contributed by atoms with van der Waals surface area (Å²) < 4.78 is 23.8. The van der Waals surface area contributed by atoms with Crippen molar-refractivity contribution in [2.24, 2.45) is 11.0 Å². The van der Waals surface area contributed by atoms with Crippen LogP contribution >= 0.6 is 15.9 Å². The van der Waals surface area contributed by atoms with Crippen molar-refractivity contribution in [3.63, 3.8) is 0 Å². The van der Waals surface area contributed by atoms with Gasteiger partial charge in [-0.25, -0.2) is 14.6 Å². The second-order valence-electron chi connectivity index (χ2n) is 7.22. The second kappa shape index (κ2) is 12.7. The number of carbonyl (C=O) groups is 3. The Bertz CT molecular complexity index is 1010. The predicted molar refractivity (Wildman–Crippen MR) is 124 cm³/mol. The Hall–Kier alpha value is -3.27. The van der Waals surface area contributed by atoms with Crippen molar-refractivity contribution in [1.82, 2.24) is 10.7 Å². The lowest BCUT2D eigenvalue weighted by molar-refractivity contribution is -0.145. The maximum Gasteiger partial charge on any atom is 0.344 e. The minimum Gasteiger partial charge on any atom is -0.481 e. The number of halogens is 2. The van der Waals surface area contributed by atoms with E-state index in [1.54, 1.807) is 39.0 Å². The molecule has 0 saturated carbocycles. The number of benzene rings is 2. The number of amides is 2. The highest BCUT2D eigenvalue weighted by atomic mass is 79.9. The molecule has 2 rings (SSSR count). The molecular weight excluding hydrogens is 497 g/mol. The summed E-state index contributed by atoms with van der Waals surface area (Å²) in [6.07, 6.45) is 1.43. The number of hydrazone groups is 1. The van der Waals surface area contributed by atoms with E-state index in [0.717, 1.165) is 0 Å². The van der Waals surface area contributed by atoms with Crippen LogP contribution in [-0.4, -0.2) is 43.3 Å². The molecule has 1 unspecified atom stereocenters. The lowest BCUT2D eigenvalue weighted by Gasteiger charge is -2.20. The molecule has 1 atom stereocenters. The molecule has 33 heavy (non-hydrogen) atoms. The largest absolute Gasteiger partial charge is 0.481 e. The summed E-state index contributed by atoms with van der Waals surface area (Å²) in [5.74, 6) is -1.67. The van der Waals surface area contributed by atoms with E-state index < -0.39 is 29.6 Å². The third-order valence-corrected chi connectivity index (χ3v) is 4.96. The van der Waals surface area contributed by atoms with Gasteiger partial charge in [0.15, 0.2) is 6.61 Å². The molecular formula is C23H25BrFN3O5. The lowest BCUT2D eigenvalue weighted by atomic mass is 10.0. The Morgan fingerprint density at radius 3 is 2.45 bits per heavy atom. The normalized spacial score (nSPS) is 11.8. The van der Waals surface area contributed by atoms with Gasteiger partial charge in [-0.2, -0.15) is 5.10 Å². The van der Waals surface area contributed by atoms with E-state index in [1.165, 1.54) is 30.5 Å². The molecule has 0 heterocycles. The molecule has 0 radical (unpaired) electrons. The first-order chi connectivity index (χ1) is 15.7. The average Bonchev–Trinajstić information content (AvgIpc) is 2.77. The van der Waals surface area contributed by atoms with Gasteiger partial charge < -0.3 is 14.8 Å². The molecule has 176 valence electrons. The molecule has 0 aliphatic carbocycles. The molecule has 0 fully saturated rings. The molecule has 0 bridgehead atoms. The van der Waals surface area contributed by atoms with Crippen LogP contribution in [-0.2, 0) is 14.3 Å². The van der Waals surface area contributed by atoms with E-state index in [9.17, 15) is 18.8 Å². The topological polar surface area (TPSA) is 106 Å². The highest BCUT2D eigenvalue weighted by Gasteiger charge is 2.24. The Morgan fingerprint density at radius 2 is 1.85 bits per heavy atom. The van der Waals surface area contributed by atoms with Crippen LogP contribution in [0.25, 0.3) is 0 Å². The van der Waals surface area contributed by atoms with Crippen molar-refractivity contribution < 1.29 is 28.2 Å². The maximum absolute atomic E-state index is 13.1. The summed E-state index contributed by atoms with van der Waals surface area (Å²) >= 11 is 3.36. The fraction of sp³-hybridized carbons (Fsp3) is 0.304. The molecule has 10 heteroatoms. The first-order valence-corrected chi connectivity index (χ1v) is 11.0. The summed E-state index contributed by atoms with van der Waals surface area (Å²) in [6, 6.07) is 9.23. The quantitative estimate of drug-likeness (QED) is 0.283. The van der Waals surface area contributed by atoms with Gasteiger partial charge >= 0.3 is 5.97 Å². The number of hydrogen-bond donors (Lipinski definition) is 2.